The molecule has 1 heterocycles. The number of benzene rings is 2. The topological polar surface area (TPSA) is 36.4 Å². The second kappa shape index (κ2) is 7.07. The van der Waals surface area contributed by atoms with Crippen LogP contribution in [0.15, 0.2) is 65.4 Å². The van der Waals surface area contributed by atoms with Crippen LogP contribution in [0, 0.1) is 0 Å². The van der Waals surface area contributed by atoms with Crippen LogP contribution < -0.4 is 10.6 Å². The van der Waals surface area contributed by atoms with Gasteiger partial charge in [-0.2, -0.15) is 0 Å². The van der Waals surface area contributed by atoms with Gasteiger partial charge in [0, 0.05) is 23.9 Å². The minimum absolute atomic E-state index is 0.233. The summed E-state index contributed by atoms with van der Waals surface area (Å²) in [4.78, 5) is 4.71. The molecule has 0 fully saturated rings. The molecule has 0 saturated heterocycles. The highest BCUT2D eigenvalue weighted by molar-refractivity contribution is 5.94. The van der Waals surface area contributed by atoms with E-state index in [4.69, 9.17) is 4.99 Å². The number of fused-ring (bicyclic) bond motifs is 2. The molecule has 0 aromatic heterocycles. The first-order valence-corrected chi connectivity index (χ1v) is 9.75. The summed E-state index contributed by atoms with van der Waals surface area (Å²) >= 11 is 0. The minimum atomic E-state index is 0.233. The van der Waals surface area contributed by atoms with Crippen molar-refractivity contribution in [1.29, 1.82) is 0 Å². The van der Waals surface area contributed by atoms with E-state index in [2.05, 4.69) is 80.4 Å². The summed E-state index contributed by atoms with van der Waals surface area (Å²) in [5, 5.41) is 6.92. The fraction of sp³-hybridized carbons (Fsp3) is 0.292. The molecule has 0 bridgehead atoms. The Labute approximate surface area is 161 Å². The summed E-state index contributed by atoms with van der Waals surface area (Å²) in [6.45, 7) is 10.8. The zero-order valence-electron chi connectivity index (χ0n) is 16.4. The van der Waals surface area contributed by atoms with E-state index in [0.29, 0.717) is 0 Å². The van der Waals surface area contributed by atoms with Gasteiger partial charge < -0.3 is 10.6 Å². The lowest BCUT2D eigenvalue weighted by Crippen LogP contribution is -2.30. The van der Waals surface area contributed by atoms with E-state index in [-0.39, 0.29) is 6.04 Å². The first-order valence-electron chi connectivity index (χ1n) is 9.75. The average Bonchev–Trinajstić information content (AvgIpc) is 3.22. The van der Waals surface area contributed by atoms with E-state index in [0.717, 1.165) is 36.5 Å². The van der Waals surface area contributed by atoms with Crippen LogP contribution >= 0.6 is 0 Å². The van der Waals surface area contributed by atoms with Gasteiger partial charge in [-0.05, 0) is 66.7 Å². The lowest BCUT2D eigenvalue weighted by atomic mass is 10.0. The molecule has 3 nitrogen and oxygen atoms in total. The van der Waals surface area contributed by atoms with Crippen molar-refractivity contribution < 1.29 is 0 Å². The van der Waals surface area contributed by atoms with Crippen LogP contribution in [0.4, 0.5) is 11.4 Å². The van der Waals surface area contributed by atoms with E-state index in [1.165, 1.54) is 33.5 Å². The monoisotopic (exact) mass is 357 g/mol. The maximum absolute atomic E-state index is 4.71. The van der Waals surface area contributed by atoms with Gasteiger partial charge in [0.1, 0.15) is 0 Å². The smallest absolute Gasteiger partial charge is 0.0961 e. The summed E-state index contributed by atoms with van der Waals surface area (Å²) in [5.74, 6) is 0.816. The molecule has 1 unspecified atom stereocenters. The van der Waals surface area contributed by atoms with Crippen molar-refractivity contribution >= 4 is 22.7 Å². The summed E-state index contributed by atoms with van der Waals surface area (Å²) in [6.07, 6.45) is 3.01. The first kappa shape index (κ1) is 17.6. The van der Waals surface area contributed by atoms with Gasteiger partial charge in [0.2, 0.25) is 0 Å². The molecule has 138 valence electrons. The lowest BCUT2D eigenvalue weighted by molar-refractivity contribution is 0.688. The number of hydrogen-bond acceptors (Lipinski definition) is 3. The van der Waals surface area contributed by atoms with Crippen LogP contribution in [0.2, 0.25) is 0 Å². The Hall–Kier alpha value is -2.81. The van der Waals surface area contributed by atoms with Crippen LogP contribution in [-0.2, 0) is 12.8 Å². The molecular formula is C24H27N3. The van der Waals surface area contributed by atoms with Gasteiger partial charge in [-0.25, -0.2) is 0 Å². The number of nitrogens with zero attached hydrogens (tertiary/aromatic N) is 1. The lowest BCUT2D eigenvalue weighted by Gasteiger charge is -2.21. The molecule has 0 saturated carbocycles. The third kappa shape index (κ3) is 3.42. The average molecular weight is 358 g/mol. The molecule has 0 amide bonds. The molecule has 1 aliphatic heterocycles. The largest absolute Gasteiger partial charge is 0.366 e. The van der Waals surface area contributed by atoms with Crippen molar-refractivity contribution in [3.63, 3.8) is 0 Å². The molecule has 2 aromatic carbocycles. The molecule has 2 aliphatic rings. The Morgan fingerprint density at radius 1 is 1.15 bits per heavy atom. The maximum Gasteiger partial charge on any atom is 0.0961 e. The number of nitrogens with one attached hydrogen (secondary N) is 2. The maximum atomic E-state index is 4.71. The summed E-state index contributed by atoms with van der Waals surface area (Å²) in [6, 6.07) is 15.3. The fourth-order valence-electron chi connectivity index (χ4n) is 4.12. The van der Waals surface area contributed by atoms with E-state index in [1.807, 2.05) is 0 Å². The Kier molecular flexibility index (Phi) is 4.61. The normalized spacial score (nSPS) is 15.9. The summed E-state index contributed by atoms with van der Waals surface area (Å²) in [5.41, 5.74) is 10.3. The highest BCUT2D eigenvalue weighted by Crippen LogP contribution is 2.34. The quantitative estimate of drug-likeness (QED) is 0.704. The van der Waals surface area contributed by atoms with Gasteiger partial charge in [-0.15, -0.1) is 0 Å². The first-order chi connectivity index (χ1) is 13.0. The van der Waals surface area contributed by atoms with Crippen molar-refractivity contribution in [1.82, 2.24) is 5.32 Å². The van der Waals surface area contributed by atoms with Gasteiger partial charge >= 0.3 is 0 Å². The second-order valence-electron chi connectivity index (χ2n) is 7.51. The Balaban J connectivity index is 1.42. The van der Waals surface area contributed by atoms with Gasteiger partial charge in [0.25, 0.3) is 0 Å². The Bertz CT molecular complexity index is 965. The molecule has 2 N–H and O–H groups in total. The molecule has 2 aromatic rings. The highest BCUT2D eigenvalue weighted by atomic mass is 15.1. The van der Waals surface area contributed by atoms with Crippen molar-refractivity contribution in [2.45, 2.75) is 46.1 Å². The zero-order chi connectivity index (χ0) is 19.0. The molecule has 1 aliphatic carbocycles. The minimum Gasteiger partial charge on any atom is -0.366 e. The number of anilines is 1. The van der Waals surface area contributed by atoms with Crippen LogP contribution in [-0.4, -0.2) is 11.8 Å². The Morgan fingerprint density at radius 3 is 2.74 bits per heavy atom. The summed E-state index contributed by atoms with van der Waals surface area (Å²) < 4.78 is 0. The van der Waals surface area contributed by atoms with Crippen molar-refractivity contribution in [3.05, 3.63) is 77.1 Å². The molecule has 0 spiro atoms. The second-order valence-corrected chi connectivity index (χ2v) is 7.51. The third-order valence-electron chi connectivity index (χ3n) is 5.66. The van der Waals surface area contributed by atoms with E-state index >= 15 is 0 Å². The Morgan fingerprint density at radius 2 is 1.96 bits per heavy atom. The van der Waals surface area contributed by atoms with Crippen molar-refractivity contribution in [3.8, 4) is 0 Å². The number of allylic oxidation sites excluding steroid dienone is 1. The third-order valence-corrected chi connectivity index (χ3v) is 5.66. The molecular weight excluding hydrogens is 330 g/mol. The van der Waals surface area contributed by atoms with E-state index in [9.17, 15) is 0 Å². The zero-order valence-corrected chi connectivity index (χ0v) is 16.4. The van der Waals surface area contributed by atoms with Crippen molar-refractivity contribution in [2.24, 2.45) is 4.99 Å². The predicted molar refractivity (Wildman–Crippen MR) is 116 cm³/mol. The van der Waals surface area contributed by atoms with Gasteiger partial charge in [0.05, 0.1) is 11.5 Å². The predicted octanol–water partition coefficient (Wildman–Crippen LogP) is 5.62. The number of rotatable bonds is 6. The van der Waals surface area contributed by atoms with Crippen LogP contribution in [0.5, 0.6) is 0 Å². The van der Waals surface area contributed by atoms with E-state index < -0.39 is 0 Å². The molecule has 0 radical (unpaired) electrons. The van der Waals surface area contributed by atoms with Gasteiger partial charge in [-0.3, -0.25) is 4.99 Å². The standard InChI is InChI=1S/C24H27N3/c1-5-20-12-19-10-11-21(14-24(19)27-20)26-17(4)25-16(3)23-13-18-8-6-7-9-22(18)15(23)2/h6-11,14,16,25-26H,4-5,12-13H2,1-3H3. The number of hydrogen-bond donors (Lipinski definition) is 2. The molecule has 4 rings (SSSR count). The summed E-state index contributed by atoms with van der Waals surface area (Å²) in [7, 11) is 0. The van der Waals surface area contributed by atoms with Crippen LogP contribution in [0.25, 0.3) is 5.57 Å². The fourth-order valence-corrected chi connectivity index (χ4v) is 4.12. The van der Waals surface area contributed by atoms with E-state index in [1.54, 1.807) is 0 Å². The highest BCUT2D eigenvalue weighted by Gasteiger charge is 2.22. The van der Waals surface area contributed by atoms with Gasteiger partial charge in [0.15, 0.2) is 0 Å². The SMILES string of the molecule is C=C(Nc1ccc2c(c1)N=C(CC)C2)NC(C)C1=C(C)c2ccccc2C1. The van der Waals surface area contributed by atoms with Crippen LogP contribution in [0.1, 0.15) is 43.9 Å². The van der Waals surface area contributed by atoms with Crippen LogP contribution in [0.3, 0.4) is 0 Å². The number of aliphatic imine (C=N–C) groups is 1. The van der Waals surface area contributed by atoms with Gasteiger partial charge in [-0.1, -0.05) is 43.8 Å². The molecule has 27 heavy (non-hydrogen) atoms. The molecule has 3 heteroatoms. The molecule has 1 atom stereocenters. The van der Waals surface area contributed by atoms with Crippen molar-refractivity contribution in [2.75, 3.05) is 5.32 Å².